The minimum atomic E-state index is -1.18. The molecule has 1 aromatic carbocycles. The molecule has 0 heterocycles. The molecule has 3 nitrogen and oxygen atoms in total. The van der Waals surface area contributed by atoms with E-state index in [1.807, 2.05) is 13.0 Å². The quantitative estimate of drug-likeness (QED) is 0.744. The standard InChI is InChI=1S/C15H16O3/c1-10-3-2-4-13(14(10)16)9-11-5-7-12(8-6-11)15(17)18/h5-10H,2-4H2,1H3,(H,17,18)/p-1/b13-9+/t10-/m0/s1. The molecule has 94 valence electrons. The van der Waals surface area contributed by atoms with E-state index in [0.717, 1.165) is 30.4 Å². The summed E-state index contributed by atoms with van der Waals surface area (Å²) in [4.78, 5) is 22.5. The first kappa shape index (κ1) is 12.6. The van der Waals surface area contributed by atoms with E-state index >= 15 is 0 Å². The number of benzene rings is 1. The van der Waals surface area contributed by atoms with E-state index in [1.54, 1.807) is 12.1 Å². The van der Waals surface area contributed by atoms with Gasteiger partial charge in [0.1, 0.15) is 0 Å². The zero-order valence-electron chi connectivity index (χ0n) is 10.3. The van der Waals surface area contributed by atoms with Crippen LogP contribution in [-0.2, 0) is 4.79 Å². The summed E-state index contributed by atoms with van der Waals surface area (Å²) in [6.07, 6.45) is 4.66. The Hall–Kier alpha value is -1.90. The number of hydrogen-bond acceptors (Lipinski definition) is 3. The Kier molecular flexibility index (Phi) is 3.60. The maximum Gasteiger partial charge on any atom is 0.161 e. The Morgan fingerprint density at radius 2 is 2.00 bits per heavy atom. The molecule has 0 radical (unpaired) electrons. The SMILES string of the molecule is C[C@H]1CCC/C(=C\c2ccc(C(=O)[O-])cc2)C1=O. The first-order valence-corrected chi connectivity index (χ1v) is 6.14. The minimum absolute atomic E-state index is 0.104. The summed E-state index contributed by atoms with van der Waals surface area (Å²) in [5.41, 5.74) is 1.85. The van der Waals surface area contributed by atoms with Gasteiger partial charge in [-0.1, -0.05) is 31.2 Å². The number of rotatable bonds is 2. The van der Waals surface area contributed by atoms with Gasteiger partial charge < -0.3 is 9.90 Å². The summed E-state index contributed by atoms with van der Waals surface area (Å²) in [6.45, 7) is 1.95. The van der Waals surface area contributed by atoms with Gasteiger partial charge in [0.15, 0.2) is 5.78 Å². The van der Waals surface area contributed by atoms with Crippen LogP contribution in [0.15, 0.2) is 29.8 Å². The Bertz CT molecular complexity index is 497. The van der Waals surface area contributed by atoms with Crippen LogP contribution in [0.25, 0.3) is 6.08 Å². The number of ketones is 1. The maximum atomic E-state index is 11.9. The second kappa shape index (κ2) is 5.17. The van der Waals surface area contributed by atoms with Gasteiger partial charge in [-0.15, -0.1) is 0 Å². The average molecular weight is 243 g/mol. The van der Waals surface area contributed by atoms with Gasteiger partial charge in [-0.25, -0.2) is 0 Å². The molecule has 1 saturated carbocycles. The molecule has 1 aliphatic rings. The molecule has 3 heteroatoms. The Labute approximate surface area is 106 Å². The number of carbonyl (C=O) groups is 2. The Balaban J connectivity index is 2.22. The van der Waals surface area contributed by atoms with Crippen LogP contribution in [-0.4, -0.2) is 11.8 Å². The van der Waals surface area contributed by atoms with Crippen LogP contribution in [0, 0.1) is 5.92 Å². The van der Waals surface area contributed by atoms with E-state index in [0.29, 0.717) is 0 Å². The van der Waals surface area contributed by atoms with Crippen molar-refractivity contribution in [2.45, 2.75) is 26.2 Å². The highest BCUT2D eigenvalue weighted by molar-refractivity contribution is 6.01. The zero-order valence-corrected chi connectivity index (χ0v) is 10.3. The van der Waals surface area contributed by atoms with Crippen LogP contribution in [0.2, 0.25) is 0 Å². The van der Waals surface area contributed by atoms with Crippen molar-refractivity contribution in [2.24, 2.45) is 5.92 Å². The van der Waals surface area contributed by atoms with Crippen molar-refractivity contribution in [2.75, 3.05) is 0 Å². The van der Waals surface area contributed by atoms with Crippen molar-refractivity contribution in [1.29, 1.82) is 0 Å². The van der Waals surface area contributed by atoms with Gasteiger partial charge in [-0.2, -0.15) is 0 Å². The second-order valence-electron chi connectivity index (χ2n) is 4.74. The van der Waals surface area contributed by atoms with Crippen LogP contribution in [0.1, 0.15) is 42.1 Å². The summed E-state index contributed by atoms with van der Waals surface area (Å²) in [6, 6.07) is 6.40. The van der Waals surface area contributed by atoms with Crippen molar-refractivity contribution in [1.82, 2.24) is 0 Å². The molecular weight excluding hydrogens is 228 g/mol. The molecule has 0 bridgehead atoms. The normalized spacial score (nSPS) is 22.2. The first-order chi connectivity index (χ1) is 8.58. The van der Waals surface area contributed by atoms with Crippen LogP contribution in [0.5, 0.6) is 0 Å². The first-order valence-electron chi connectivity index (χ1n) is 6.14. The summed E-state index contributed by atoms with van der Waals surface area (Å²) < 4.78 is 0. The topological polar surface area (TPSA) is 57.2 Å². The predicted molar refractivity (Wildman–Crippen MR) is 66.8 cm³/mol. The highest BCUT2D eigenvalue weighted by Crippen LogP contribution is 2.26. The Morgan fingerprint density at radius 1 is 1.33 bits per heavy atom. The number of hydrogen-bond donors (Lipinski definition) is 0. The fourth-order valence-electron chi connectivity index (χ4n) is 2.23. The molecule has 0 aliphatic heterocycles. The lowest BCUT2D eigenvalue weighted by Crippen LogP contribution is -2.22. The molecule has 0 aromatic heterocycles. The molecule has 1 fully saturated rings. The zero-order chi connectivity index (χ0) is 13.1. The lowest BCUT2D eigenvalue weighted by molar-refractivity contribution is -0.255. The fraction of sp³-hybridized carbons (Fsp3) is 0.333. The molecule has 1 aliphatic carbocycles. The third-order valence-corrected chi connectivity index (χ3v) is 3.33. The van der Waals surface area contributed by atoms with Crippen LogP contribution < -0.4 is 5.11 Å². The molecule has 1 atom stereocenters. The smallest absolute Gasteiger partial charge is 0.161 e. The monoisotopic (exact) mass is 243 g/mol. The number of carboxylic acids is 1. The maximum absolute atomic E-state index is 11.9. The van der Waals surface area contributed by atoms with E-state index in [9.17, 15) is 14.7 Å². The van der Waals surface area contributed by atoms with Crippen molar-refractivity contribution in [3.63, 3.8) is 0 Å². The van der Waals surface area contributed by atoms with Crippen LogP contribution in [0.3, 0.4) is 0 Å². The van der Waals surface area contributed by atoms with E-state index in [2.05, 4.69) is 0 Å². The van der Waals surface area contributed by atoms with Crippen molar-refractivity contribution < 1.29 is 14.7 Å². The molecule has 1 aromatic rings. The van der Waals surface area contributed by atoms with E-state index in [4.69, 9.17) is 0 Å². The molecule has 0 spiro atoms. The van der Waals surface area contributed by atoms with Crippen LogP contribution in [0.4, 0.5) is 0 Å². The lowest BCUT2D eigenvalue weighted by atomic mass is 9.84. The highest BCUT2D eigenvalue weighted by Gasteiger charge is 2.22. The molecule has 18 heavy (non-hydrogen) atoms. The summed E-state index contributed by atoms with van der Waals surface area (Å²) in [7, 11) is 0. The number of carbonyl (C=O) groups excluding carboxylic acids is 2. The van der Waals surface area contributed by atoms with Gasteiger partial charge >= 0.3 is 0 Å². The minimum Gasteiger partial charge on any atom is -0.545 e. The summed E-state index contributed by atoms with van der Waals surface area (Å²) in [5.74, 6) is -0.866. The van der Waals surface area contributed by atoms with E-state index < -0.39 is 5.97 Å². The average Bonchev–Trinajstić information content (AvgIpc) is 2.36. The van der Waals surface area contributed by atoms with Gasteiger partial charge in [0.2, 0.25) is 0 Å². The third-order valence-electron chi connectivity index (χ3n) is 3.33. The molecule has 2 rings (SSSR count). The number of carboxylic acid groups (broad SMARTS) is 1. The fourth-order valence-corrected chi connectivity index (χ4v) is 2.23. The third kappa shape index (κ3) is 2.67. The highest BCUT2D eigenvalue weighted by atomic mass is 16.4. The molecule has 0 unspecified atom stereocenters. The van der Waals surface area contributed by atoms with Crippen LogP contribution >= 0.6 is 0 Å². The summed E-state index contributed by atoms with van der Waals surface area (Å²) >= 11 is 0. The van der Waals surface area contributed by atoms with Crippen molar-refractivity contribution >= 4 is 17.8 Å². The number of aromatic carboxylic acids is 1. The number of allylic oxidation sites excluding steroid dienone is 1. The van der Waals surface area contributed by atoms with Gasteiger partial charge in [-0.3, -0.25) is 4.79 Å². The lowest BCUT2D eigenvalue weighted by Gasteiger charge is -2.19. The van der Waals surface area contributed by atoms with Crippen molar-refractivity contribution in [3.05, 3.63) is 41.0 Å². The second-order valence-corrected chi connectivity index (χ2v) is 4.74. The molecule has 0 saturated heterocycles. The Morgan fingerprint density at radius 3 is 2.61 bits per heavy atom. The summed E-state index contributed by atoms with van der Waals surface area (Å²) in [5, 5.41) is 10.6. The predicted octanol–water partition coefficient (Wildman–Crippen LogP) is 1.82. The largest absolute Gasteiger partial charge is 0.545 e. The van der Waals surface area contributed by atoms with E-state index in [1.165, 1.54) is 12.1 Å². The molecule has 0 N–H and O–H groups in total. The van der Waals surface area contributed by atoms with Gasteiger partial charge in [0, 0.05) is 5.92 Å². The van der Waals surface area contributed by atoms with Gasteiger partial charge in [-0.05, 0) is 42.0 Å². The molecular formula is C15H15O3-. The van der Waals surface area contributed by atoms with Gasteiger partial charge in [0.25, 0.3) is 0 Å². The number of Topliss-reactive ketones (excluding diaryl/α,β-unsaturated/α-hetero) is 1. The van der Waals surface area contributed by atoms with Crippen molar-refractivity contribution in [3.8, 4) is 0 Å². The molecule has 0 amide bonds. The van der Waals surface area contributed by atoms with Gasteiger partial charge in [0.05, 0.1) is 5.97 Å². The van der Waals surface area contributed by atoms with E-state index in [-0.39, 0.29) is 17.3 Å².